The van der Waals surface area contributed by atoms with Crippen molar-refractivity contribution in [3.63, 3.8) is 0 Å². The van der Waals surface area contributed by atoms with Crippen molar-refractivity contribution in [1.29, 1.82) is 0 Å². The molecular weight excluding hydrogens is 358 g/mol. The predicted octanol–water partition coefficient (Wildman–Crippen LogP) is 1.88. The Morgan fingerprint density at radius 1 is 1.24 bits per heavy atom. The van der Waals surface area contributed by atoms with Crippen LogP contribution in [0.4, 0.5) is 5.13 Å². The first-order chi connectivity index (χ1) is 12.1. The van der Waals surface area contributed by atoms with Gasteiger partial charge < -0.3 is 16.0 Å². The molecule has 2 rings (SSSR count). The minimum atomic E-state index is -0.550. The van der Waals surface area contributed by atoms with Crippen LogP contribution in [0.5, 0.6) is 0 Å². The van der Waals surface area contributed by atoms with Crippen LogP contribution >= 0.6 is 23.1 Å². The van der Waals surface area contributed by atoms with Crippen molar-refractivity contribution in [2.75, 3.05) is 17.6 Å². The van der Waals surface area contributed by atoms with Crippen LogP contribution in [0.3, 0.4) is 0 Å². The summed E-state index contributed by atoms with van der Waals surface area (Å²) in [5.41, 5.74) is 1.16. The van der Waals surface area contributed by atoms with Gasteiger partial charge in [-0.2, -0.15) is 0 Å². The molecule has 9 heteroatoms. The van der Waals surface area contributed by atoms with E-state index in [0.717, 1.165) is 5.56 Å². The van der Waals surface area contributed by atoms with Gasteiger partial charge in [0.15, 0.2) is 4.34 Å². The average molecular weight is 380 g/mol. The molecule has 25 heavy (non-hydrogen) atoms. The number of aromatic nitrogens is 2. The molecule has 1 aromatic heterocycles. The summed E-state index contributed by atoms with van der Waals surface area (Å²) in [4.78, 5) is 23.5. The Morgan fingerprint density at radius 2 is 2.00 bits per heavy atom. The van der Waals surface area contributed by atoms with Crippen LogP contribution in [-0.2, 0) is 16.1 Å². The van der Waals surface area contributed by atoms with Crippen LogP contribution in [0, 0.1) is 0 Å². The van der Waals surface area contributed by atoms with Crippen molar-refractivity contribution in [1.82, 2.24) is 20.8 Å². The summed E-state index contributed by atoms with van der Waals surface area (Å²) in [6.07, 6.45) is 0. The maximum atomic E-state index is 11.9. The number of nitrogens with one attached hydrogen (secondary N) is 3. The first kappa shape index (κ1) is 19.2. The molecule has 0 saturated carbocycles. The lowest BCUT2D eigenvalue weighted by molar-refractivity contribution is -0.127. The number of likely N-dealkylation sites (N-methyl/N-ethyl adjacent to an activating group) is 1. The van der Waals surface area contributed by atoms with Gasteiger partial charge in [0.05, 0.1) is 5.75 Å². The Bertz CT molecular complexity index is 693. The number of nitrogens with zero attached hydrogens (tertiary/aromatic N) is 2. The van der Waals surface area contributed by atoms with Gasteiger partial charge in [-0.05, 0) is 19.4 Å². The fourth-order valence-corrected chi connectivity index (χ4v) is 3.48. The van der Waals surface area contributed by atoms with Gasteiger partial charge in [0, 0.05) is 13.1 Å². The molecule has 1 aromatic carbocycles. The van der Waals surface area contributed by atoms with E-state index < -0.39 is 6.04 Å². The second-order valence-corrected chi connectivity index (χ2v) is 7.38. The maximum absolute atomic E-state index is 11.9. The van der Waals surface area contributed by atoms with Crippen molar-refractivity contribution in [2.24, 2.45) is 0 Å². The van der Waals surface area contributed by atoms with Crippen molar-refractivity contribution >= 4 is 40.0 Å². The van der Waals surface area contributed by atoms with Gasteiger partial charge in [-0.15, -0.1) is 10.2 Å². The van der Waals surface area contributed by atoms with E-state index in [9.17, 15) is 9.59 Å². The molecule has 0 saturated heterocycles. The number of amides is 2. The van der Waals surface area contributed by atoms with E-state index in [1.54, 1.807) is 6.92 Å². The van der Waals surface area contributed by atoms with E-state index in [0.29, 0.717) is 22.6 Å². The third-order valence-electron chi connectivity index (χ3n) is 3.14. The van der Waals surface area contributed by atoms with Crippen molar-refractivity contribution < 1.29 is 9.59 Å². The fraction of sp³-hybridized carbons (Fsp3) is 0.375. The molecule has 134 valence electrons. The smallest absolute Gasteiger partial charge is 0.242 e. The Balaban J connectivity index is 1.73. The number of anilines is 1. The number of benzene rings is 1. The number of carbonyl (C=O) groups excluding carboxylic acids is 2. The van der Waals surface area contributed by atoms with E-state index in [-0.39, 0.29) is 17.6 Å². The first-order valence-corrected chi connectivity index (χ1v) is 9.70. The van der Waals surface area contributed by atoms with Crippen molar-refractivity contribution in [3.05, 3.63) is 35.9 Å². The fourth-order valence-electron chi connectivity index (χ4n) is 1.92. The molecule has 2 amide bonds. The highest BCUT2D eigenvalue weighted by Crippen LogP contribution is 2.25. The normalized spacial score (nSPS) is 11.6. The lowest BCUT2D eigenvalue weighted by Crippen LogP contribution is -2.45. The van der Waals surface area contributed by atoms with E-state index in [4.69, 9.17) is 0 Å². The zero-order valence-electron chi connectivity index (χ0n) is 14.1. The Morgan fingerprint density at radius 3 is 2.72 bits per heavy atom. The first-order valence-electron chi connectivity index (χ1n) is 7.89. The summed E-state index contributed by atoms with van der Waals surface area (Å²) >= 11 is 2.70. The molecule has 0 aliphatic carbocycles. The molecule has 0 unspecified atom stereocenters. The highest BCUT2D eigenvalue weighted by Gasteiger charge is 2.15. The maximum Gasteiger partial charge on any atom is 0.242 e. The second kappa shape index (κ2) is 10.00. The quantitative estimate of drug-likeness (QED) is 0.576. The number of hydrogen-bond donors (Lipinski definition) is 3. The zero-order chi connectivity index (χ0) is 18.1. The highest BCUT2D eigenvalue weighted by molar-refractivity contribution is 8.01. The van der Waals surface area contributed by atoms with Gasteiger partial charge in [-0.1, -0.05) is 53.4 Å². The number of thioether (sulfide) groups is 1. The van der Waals surface area contributed by atoms with Gasteiger partial charge in [0.2, 0.25) is 16.9 Å². The van der Waals surface area contributed by atoms with Crippen molar-refractivity contribution in [2.45, 2.75) is 30.8 Å². The van der Waals surface area contributed by atoms with Gasteiger partial charge >= 0.3 is 0 Å². The van der Waals surface area contributed by atoms with Crippen LogP contribution in [0.1, 0.15) is 19.4 Å². The minimum Gasteiger partial charge on any atom is -0.356 e. The Hall–Kier alpha value is -2.13. The molecule has 3 N–H and O–H groups in total. The molecule has 0 aliphatic heterocycles. The summed E-state index contributed by atoms with van der Waals surface area (Å²) in [5, 5.41) is 17.4. The van der Waals surface area contributed by atoms with Crippen molar-refractivity contribution in [3.8, 4) is 0 Å². The topological polar surface area (TPSA) is 96.0 Å². The Kier molecular flexibility index (Phi) is 7.68. The predicted molar refractivity (Wildman–Crippen MR) is 101 cm³/mol. The molecule has 1 heterocycles. The minimum absolute atomic E-state index is 0.191. The largest absolute Gasteiger partial charge is 0.356 e. The third kappa shape index (κ3) is 6.71. The molecular formula is C16H21N5O2S2. The van der Waals surface area contributed by atoms with Gasteiger partial charge in [-0.25, -0.2) is 0 Å². The molecule has 2 aromatic rings. The summed E-state index contributed by atoms with van der Waals surface area (Å²) < 4.78 is 0.705. The van der Waals surface area contributed by atoms with Gasteiger partial charge in [0.1, 0.15) is 6.04 Å². The zero-order valence-corrected chi connectivity index (χ0v) is 15.7. The Labute approximate surface area is 155 Å². The van der Waals surface area contributed by atoms with Crippen LogP contribution in [-0.4, -0.2) is 40.4 Å². The SMILES string of the molecule is CCNC(=O)[C@@H](C)NC(=O)CSc1nnc(NCc2ccccc2)s1. The van der Waals surface area contributed by atoms with Crippen LogP contribution in [0.2, 0.25) is 0 Å². The average Bonchev–Trinajstić information content (AvgIpc) is 3.07. The molecule has 0 spiro atoms. The second-order valence-electron chi connectivity index (χ2n) is 5.18. The monoisotopic (exact) mass is 379 g/mol. The summed E-state index contributed by atoms with van der Waals surface area (Å²) in [7, 11) is 0. The molecule has 0 fully saturated rings. The number of hydrogen-bond acceptors (Lipinski definition) is 7. The summed E-state index contributed by atoms with van der Waals surface area (Å²) in [6, 6.07) is 9.46. The van der Waals surface area contributed by atoms with Crippen LogP contribution in [0.15, 0.2) is 34.7 Å². The van der Waals surface area contributed by atoms with E-state index in [2.05, 4.69) is 26.1 Å². The van der Waals surface area contributed by atoms with Gasteiger partial charge in [0.25, 0.3) is 0 Å². The third-order valence-corrected chi connectivity index (χ3v) is 5.16. The van der Waals surface area contributed by atoms with Crippen LogP contribution in [0.25, 0.3) is 0 Å². The van der Waals surface area contributed by atoms with E-state index in [1.807, 2.05) is 37.3 Å². The summed E-state index contributed by atoms with van der Waals surface area (Å²) in [5.74, 6) is -0.209. The molecule has 7 nitrogen and oxygen atoms in total. The number of carbonyl (C=O) groups is 2. The number of rotatable bonds is 9. The van der Waals surface area contributed by atoms with Crippen LogP contribution < -0.4 is 16.0 Å². The van der Waals surface area contributed by atoms with E-state index in [1.165, 1.54) is 23.1 Å². The highest BCUT2D eigenvalue weighted by atomic mass is 32.2. The van der Waals surface area contributed by atoms with Gasteiger partial charge in [-0.3, -0.25) is 9.59 Å². The lowest BCUT2D eigenvalue weighted by atomic mass is 10.2. The lowest BCUT2D eigenvalue weighted by Gasteiger charge is -2.12. The summed E-state index contributed by atoms with van der Waals surface area (Å²) in [6.45, 7) is 4.70. The molecule has 1 atom stereocenters. The molecule has 0 radical (unpaired) electrons. The molecule has 0 aliphatic rings. The standard InChI is InChI=1S/C16H21N5O2S2/c1-3-17-14(23)11(2)19-13(22)10-24-16-21-20-15(25-16)18-9-12-7-5-4-6-8-12/h4-8,11H,3,9-10H2,1-2H3,(H,17,23)(H,18,20)(H,19,22)/t11-/m1/s1. The van der Waals surface area contributed by atoms with E-state index >= 15 is 0 Å². The molecule has 0 bridgehead atoms.